The second kappa shape index (κ2) is 5.98. The zero-order chi connectivity index (χ0) is 12.8. The number of esters is 1. The molecule has 0 saturated carbocycles. The van der Waals surface area contributed by atoms with Crippen LogP contribution in [0.2, 0.25) is 0 Å². The predicted octanol–water partition coefficient (Wildman–Crippen LogP) is 2.80. The third kappa shape index (κ3) is 4.22. The first-order chi connectivity index (χ1) is 8.00. The van der Waals surface area contributed by atoms with Crippen LogP contribution in [-0.2, 0) is 4.74 Å². The summed E-state index contributed by atoms with van der Waals surface area (Å²) in [7, 11) is 0. The molecule has 0 spiro atoms. The molecule has 0 amide bonds. The smallest absolute Gasteiger partial charge is 0.338 e. The van der Waals surface area contributed by atoms with Crippen LogP contribution in [0, 0.1) is 16.0 Å². The predicted molar refractivity (Wildman–Crippen MR) is 62.8 cm³/mol. The number of benzene rings is 1. The van der Waals surface area contributed by atoms with Crippen molar-refractivity contribution in [3.8, 4) is 0 Å². The van der Waals surface area contributed by atoms with Gasteiger partial charge in [-0.25, -0.2) is 4.79 Å². The Hall–Kier alpha value is -1.91. The Balaban J connectivity index is 2.63. The summed E-state index contributed by atoms with van der Waals surface area (Å²) in [6, 6.07) is 5.53. The Kier molecular flexibility index (Phi) is 4.63. The van der Waals surface area contributed by atoms with E-state index < -0.39 is 10.9 Å². The van der Waals surface area contributed by atoms with E-state index in [0.717, 1.165) is 6.42 Å². The van der Waals surface area contributed by atoms with Crippen molar-refractivity contribution in [2.24, 2.45) is 5.92 Å². The van der Waals surface area contributed by atoms with Crippen molar-refractivity contribution in [1.29, 1.82) is 0 Å². The van der Waals surface area contributed by atoms with Gasteiger partial charge in [-0.05, 0) is 18.4 Å². The van der Waals surface area contributed by atoms with Gasteiger partial charge in [0.2, 0.25) is 0 Å². The maximum atomic E-state index is 11.6. The van der Waals surface area contributed by atoms with Crippen molar-refractivity contribution in [1.82, 2.24) is 0 Å². The number of hydrogen-bond acceptors (Lipinski definition) is 4. The van der Waals surface area contributed by atoms with Gasteiger partial charge in [-0.2, -0.15) is 0 Å². The molecule has 0 radical (unpaired) electrons. The first-order valence-corrected chi connectivity index (χ1v) is 5.42. The molecule has 1 aromatic carbocycles. The highest BCUT2D eigenvalue weighted by Crippen LogP contribution is 2.14. The maximum Gasteiger partial charge on any atom is 0.338 e. The fourth-order valence-electron chi connectivity index (χ4n) is 1.22. The van der Waals surface area contributed by atoms with Gasteiger partial charge in [-0.1, -0.05) is 19.9 Å². The van der Waals surface area contributed by atoms with E-state index in [9.17, 15) is 14.9 Å². The maximum absolute atomic E-state index is 11.6. The highest BCUT2D eigenvalue weighted by molar-refractivity contribution is 5.90. The van der Waals surface area contributed by atoms with Crippen molar-refractivity contribution < 1.29 is 14.5 Å². The fraction of sp³-hybridized carbons (Fsp3) is 0.417. The molecule has 0 atom stereocenters. The van der Waals surface area contributed by atoms with E-state index >= 15 is 0 Å². The molecular weight excluding hydrogens is 222 g/mol. The molecule has 17 heavy (non-hydrogen) atoms. The Bertz CT molecular complexity index is 415. The van der Waals surface area contributed by atoms with Crippen molar-refractivity contribution in [3.63, 3.8) is 0 Å². The molecule has 0 bridgehead atoms. The minimum atomic E-state index is -0.537. The number of nitro groups is 1. The van der Waals surface area contributed by atoms with E-state index in [1.54, 1.807) is 0 Å². The van der Waals surface area contributed by atoms with Gasteiger partial charge in [0.25, 0.3) is 5.69 Å². The van der Waals surface area contributed by atoms with E-state index in [4.69, 9.17) is 4.74 Å². The van der Waals surface area contributed by atoms with Gasteiger partial charge in [-0.3, -0.25) is 10.1 Å². The molecular formula is C12H15NO4. The van der Waals surface area contributed by atoms with Crippen LogP contribution in [0.4, 0.5) is 5.69 Å². The number of ether oxygens (including phenoxy) is 1. The highest BCUT2D eigenvalue weighted by atomic mass is 16.6. The van der Waals surface area contributed by atoms with Crippen LogP contribution < -0.4 is 0 Å². The van der Waals surface area contributed by atoms with Gasteiger partial charge in [0.15, 0.2) is 0 Å². The van der Waals surface area contributed by atoms with E-state index in [0.29, 0.717) is 12.5 Å². The van der Waals surface area contributed by atoms with Crippen molar-refractivity contribution in [2.75, 3.05) is 6.61 Å². The largest absolute Gasteiger partial charge is 0.462 e. The normalized spacial score (nSPS) is 10.3. The van der Waals surface area contributed by atoms with Gasteiger partial charge in [0.05, 0.1) is 17.1 Å². The molecule has 1 rings (SSSR count). The summed E-state index contributed by atoms with van der Waals surface area (Å²) in [5, 5.41) is 10.5. The van der Waals surface area contributed by atoms with Crippen LogP contribution in [0.1, 0.15) is 30.6 Å². The summed E-state index contributed by atoms with van der Waals surface area (Å²) in [4.78, 5) is 21.6. The third-order valence-electron chi connectivity index (χ3n) is 2.22. The first kappa shape index (κ1) is 13.2. The van der Waals surface area contributed by atoms with Gasteiger partial charge in [-0.15, -0.1) is 0 Å². The fourth-order valence-corrected chi connectivity index (χ4v) is 1.22. The lowest BCUT2D eigenvalue weighted by Crippen LogP contribution is -2.08. The lowest BCUT2D eigenvalue weighted by molar-refractivity contribution is -0.384. The van der Waals surface area contributed by atoms with Crippen LogP contribution in [0.25, 0.3) is 0 Å². The summed E-state index contributed by atoms with van der Waals surface area (Å²) < 4.78 is 5.01. The zero-order valence-corrected chi connectivity index (χ0v) is 9.88. The second-order valence-corrected chi connectivity index (χ2v) is 4.13. The molecule has 0 heterocycles. The minimum absolute atomic E-state index is 0.108. The number of rotatable bonds is 5. The third-order valence-corrected chi connectivity index (χ3v) is 2.22. The van der Waals surface area contributed by atoms with Crippen LogP contribution in [0.3, 0.4) is 0 Å². The lowest BCUT2D eigenvalue weighted by atomic mass is 10.1. The van der Waals surface area contributed by atoms with Crippen LogP contribution in [-0.4, -0.2) is 17.5 Å². The average Bonchev–Trinajstić information content (AvgIpc) is 2.28. The molecule has 0 aliphatic rings. The van der Waals surface area contributed by atoms with Crippen molar-refractivity contribution in [2.45, 2.75) is 20.3 Å². The molecule has 1 aromatic rings. The average molecular weight is 237 g/mol. The summed E-state index contributed by atoms with van der Waals surface area (Å²) in [5.41, 5.74) is 0.103. The van der Waals surface area contributed by atoms with E-state index in [1.807, 2.05) is 13.8 Å². The molecule has 0 unspecified atom stereocenters. The molecule has 5 heteroatoms. The molecule has 0 aliphatic carbocycles. The summed E-state index contributed by atoms with van der Waals surface area (Å²) in [6.07, 6.45) is 0.778. The van der Waals surface area contributed by atoms with E-state index in [2.05, 4.69) is 0 Å². The Morgan fingerprint density at radius 2 is 2.18 bits per heavy atom. The Labute approximate surface area is 99.5 Å². The van der Waals surface area contributed by atoms with Gasteiger partial charge >= 0.3 is 5.97 Å². The highest BCUT2D eigenvalue weighted by Gasteiger charge is 2.12. The van der Waals surface area contributed by atoms with Crippen LogP contribution >= 0.6 is 0 Å². The molecule has 0 fully saturated rings. The minimum Gasteiger partial charge on any atom is -0.462 e. The van der Waals surface area contributed by atoms with Gasteiger partial charge in [0, 0.05) is 12.1 Å². The summed E-state index contributed by atoms with van der Waals surface area (Å²) in [6.45, 7) is 4.39. The standard InChI is InChI=1S/C12H15NO4/c1-9(2)6-7-17-12(14)10-4-3-5-11(8-10)13(15)16/h3-5,8-9H,6-7H2,1-2H3. The van der Waals surface area contributed by atoms with E-state index in [1.165, 1.54) is 24.3 Å². The number of nitrogens with zero attached hydrogens (tertiary/aromatic N) is 1. The molecule has 0 aliphatic heterocycles. The SMILES string of the molecule is CC(C)CCOC(=O)c1cccc([N+](=O)[O-])c1. The van der Waals surface area contributed by atoms with Gasteiger partial charge in [0.1, 0.15) is 0 Å². The Morgan fingerprint density at radius 3 is 2.76 bits per heavy atom. The van der Waals surface area contributed by atoms with Crippen molar-refractivity contribution >= 4 is 11.7 Å². The topological polar surface area (TPSA) is 69.4 Å². The molecule has 0 N–H and O–H groups in total. The van der Waals surface area contributed by atoms with Gasteiger partial charge < -0.3 is 4.74 Å². The Morgan fingerprint density at radius 1 is 1.47 bits per heavy atom. The number of carbonyl (C=O) groups is 1. The summed E-state index contributed by atoms with van der Waals surface area (Å²) >= 11 is 0. The zero-order valence-electron chi connectivity index (χ0n) is 9.88. The number of carbonyl (C=O) groups excluding carboxylic acids is 1. The number of hydrogen-bond donors (Lipinski definition) is 0. The van der Waals surface area contributed by atoms with Crippen LogP contribution in [0.15, 0.2) is 24.3 Å². The number of non-ortho nitro benzene ring substituents is 1. The second-order valence-electron chi connectivity index (χ2n) is 4.13. The molecule has 0 saturated heterocycles. The first-order valence-electron chi connectivity index (χ1n) is 5.42. The number of nitro benzene ring substituents is 1. The summed E-state index contributed by atoms with van der Waals surface area (Å²) in [5.74, 6) is -0.0674. The lowest BCUT2D eigenvalue weighted by Gasteiger charge is -2.06. The monoisotopic (exact) mass is 237 g/mol. The van der Waals surface area contributed by atoms with E-state index in [-0.39, 0.29) is 11.3 Å². The van der Waals surface area contributed by atoms with Crippen molar-refractivity contribution in [3.05, 3.63) is 39.9 Å². The molecule has 0 aromatic heterocycles. The molecule has 5 nitrogen and oxygen atoms in total. The quantitative estimate of drug-likeness (QED) is 0.448. The molecule has 92 valence electrons. The van der Waals surface area contributed by atoms with Crippen LogP contribution in [0.5, 0.6) is 0 Å².